The quantitative estimate of drug-likeness (QED) is 0.722. The summed E-state index contributed by atoms with van der Waals surface area (Å²) in [4.78, 5) is 2.00. The normalized spacial score (nSPS) is 16.9. The molecule has 0 radical (unpaired) electrons. The van der Waals surface area contributed by atoms with Gasteiger partial charge in [-0.1, -0.05) is 35.9 Å². The van der Waals surface area contributed by atoms with Gasteiger partial charge in [0, 0.05) is 12.2 Å². The maximum absolute atomic E-state index is 6.27. The largest absolute Gasteiger partial charge is 0.401 e. The van der Waals surface area contributed by atoms with Crippen molar-refractivity contribution in [2.24, 2.45) is 23.1 Å². The molecule has 0 amide bonds. The lowest BCUT2D eigenvalue weighted by molar-refractivity contribution is 0.313. The zero-order valence-electron chi connectivity index (χ0n) is 12.3. The number of rotatable bonds is 5. The van der Waals surface area contributed by atoms with Gasteiger partial charge in [-0.3, -0.25) is 0 Å². The van der Waals surface area contributed by atoms with Crippen LogP contribution in [0.15, 0.2) is 46.9 Å². The van der Waals surface area contributed by atoms with Crippen LogP contribution >= 0.6 is 11.6 Å². The third-order valence-electron chi connectivity index (χ3n) is 3.81. The van der Waals surface area contributed by atoms with E-state index in [9.17, 15) is 0 Å². The van der Waals surface area contributed by atoms with Crippen molar-refractivity contribution in [3.63, 3.8) is 0 Å². The first-order valence-electron chi connectivity index (χ1n) is 7.12. The molecular weight excluding hydrogens is 284 g/mol. The first-order valence-corrected chi connectivity index (χ1v) is 7.50. The topological polar surface area (TPSA) is 81.3 Å². The average Bonchev–Trinajstić information content (AvgIpc) is 2.45. The van der Waals surface area contributed by atoms with Crippen LogP contribution in [0.5, 0.6) is 0 Å². The third-order valence-corrected chi connectivity index (χ3v) is 4.27. The maximum atomic E-state index is 6.27. The van der Waals surface area contributed by atoms with Gasteiger partial charge in [-0.05, 0) is 43.0 Å². The number of hydrogen-bond donors (Lipinski definition) is 3. The molecule has 4 nitrogen and oxygen atoms in total. The molecule has 0 saturated carbocycles. The van der Waals surface area contributed by atoms with Gasteiger partial charge in [0.1, 0.15) is 5.16 Å². The summed E-state index contributed by atoms with van der Waals surface area (Å²) < 4.78 is 0. The Labute approximate surface area is 131 Å². The summed E-state index contributed by atoms with van der Waals surface area (Å²) in [6.07, 6.45) is 2.64. The molecule has 21 heavy (non-hydrogen) atoms. The van der Waals surface area contributed by atoms with E-state index in [2.05, 4.69) is 25.1 Å². The van der Waals surface area contributed by atoms with Gasteiger partial charge in [0.15, 0.2) is 0 Å². The molecule has 0 aromatic heterocycles. The van der Waals surface area contributed by atoms with Crippen LogP contribution in [0.3, 0.4) is 0 Å². The second-order valence-electron chi connectivity index (χ2n) is 5.58. The van der Waals surface area contributed by atoms with Gasteiger partial charge >= 0.3 is 0 Å². The second kappa shape index (κ2) is 6.87. The summed E-state index contributed by atoms with van der Waals surface area (Å²) in [6, 6.07) is 8.37. The molecule has 0 fully saturated rings. The van der Waals surface area contributed by atoms with Crippen molar-refractivity contribution >= 4 is 11.6 Å². The van der Waals surface area contributed by atoms with Crippen LogP contribution in [-0.4, -0.2) is 24.5 Å². The van der Waals surface area contributed by atoms with E-state index < -0.39 is 0 Å². The number of allylic oxidation sites excluding steroid dienone is 1. The van der Waals surface area contributed by atoms with Crippen LogP contribution in [0.1, 0.15) is 11.1 Å². The SMILES string of the molecule is Cc1ccccc1C[C@H](CN)CN1CC(N)=CC(N)=C1Cl. The Bertz CT molecular complexity index is 565. The summed E-state index contributed by atoms with van der Waals surface area (Å²) in [7, 11) is 0. The molecule has 0 bridgehead atoms. The molecule has 1 atom stereocenters. The fraction of sp³-hybridized carbons (Fsp3) is 0.375. The monoisotopic (exact) mass is 306 g/mol. The Balaban J connectivity index is 2.07. The lowest BCUT2D eigenvalue weighted by Gasteiger charge is -2.31. The zero-order valence-corrected chi connectivity index (χ0v) is 13.1. The number of aryl methyl sites for hydroxylation is 1. The summed E-state index contributed by atoms with van der Waals surface area (Å²) in [5, 5.41) is 0.562. The van der Waals surface area contributed by atoms with Crippen molar-refractivity contribution in [1.29, 1.82) is 0 Å². The minimum atomic E-state index is 0.304. The molecular formula is C16H23ClN4. The fourth-order valence-corrected chi connectivity index (χ4v) is 2.79. The van der Waals surface area contributed by atoms with E-state index in [0.29, 0.717) is 29.9 Å². The Kier molecular flexibility index (Phi) is 5.15. The third kappa shape index (κ3) is 3.93. The molecule has 1 aliphatic heterocycles. The van der Waals surface area contributed by atoms with Crippen LogP contribution in [0, 0.1) is 12.8 Å². The minimum Gasteiger partial charge on any atom is -0.401 e. The highest BCUT2D eigenvalue weighted by atomic mass is 35.5. The van der Waals surface area contributed by atoms with Crippen LogP contribution in [0.2, 0.25) is 0 Å². The Morgan fingerprint density at radius 2 is 2.00 bits per heavy atom. The lowest BCUT2D eigenvalue weighted by Crippen LogP contribution is -2.37. The van der Waals surface area contributed by atoms with Gasteiger partial charge in [-0.25, -0.2) is 0 Å². The van der Waals surface area contributed by atoms with E-state index in [1.165, 1.54) is 11.1 Å². The van der Waals surface area contributed by atoms with E-state index in [0.717, 1.165) is 18.7 Å². The predicted molar refractivity (Wildman–Crippen MR) is 88.3 cm³/mol. The van der Waals surface area contributed by atoms with Crippen LogP contribution < -0.4 is 17.2 Å². The summed E-state index contributed by atoms with van der Waals surface area (Å²) in [5.74, 6) is 0.304. The zero-order chi connectivity index (χ0) is 15.4. The number of benzene rings is 1. The molecule has 0 unspecified atom stereocenters. The molecule has 1 heterocycles. The lowest BCUT2D eigenvalue weighted by atomic mass is 9.95. The molecule has 6 N–H and O–H groups in total. The summed E-state index contributed by atoms with van der Waals surface area (Å²) in [6.45, 7) is 4.07. The Morgan fingerprint density at radius 1 is 1.29 bits per heavy atom. The minimum absolute atomic E-state index is 0.304. The highest BCUT2D eigenvalue weighted by molar-refractivity contribution is 6.29. The number of nitrogens with two attached hydrogens (primary N) is 3. The van der Waals surface area contributed by atoms with Crippen molar-refractivity contribution < 1.29 is 0 Å². The second-order valence-corrected chi connectivity index (χ2v) is 5.94. The van der Waals surface area contributed by atoms with Crippen molar-refractivity contribution in [1.82, 2.24) is 4.90 Å². The summed E-state index contributed by atoms with van der Waals surface area (Å²) >= 11 is 6.27. The number of hydrogen-bond acceptors (Lipinski definition) is 4. The standard InChI is InChI=1S/C16H23ClN4/c1-11-4-2-3-5-13(11)6-12(8-18)9-21-10-14(19)7-15(20)16(21)17/h2-5,7,12H,6,8-10,18-20H2,1H3/t12-/m1/s1. The van der Waals surface area contributed by atoms with Crippen molar-refractivity contribution in [3.8, 4) is 0 Å². The van der Waals surface area contributed by atoms with Crippen LogP contribution in [0.4, 0.5) is 0 Å². The molecule has 1 aliphatic rings. The van der Waals surface area contributed by atoms with Crippen molar-refractivity contribution in [3.05, 3.63) is 58.0 Å². The molecule has 114 valence electrons. The molecule has 1 aromatic rings. The number of halogens is 1. The van der Waals surface area contributed by atoms with Gasteiger partial charge in [0.05, 0.1) is 12.2 Å². The summed E-state index contributed by atoms with van der Waals surface area (Å²) in [5.41, 5.74) is 21.6. The molecule has 0 aliphatic carbocycles. The van der Waals surface area contributed by atoms with Crippen LogP contribution in [-0.2, 0) is 6.42 Å². The molecule has 1 aromatic carbocycles. The average molecular weight is 307 g/mol. The highest BCUT2D eigenvalue weighted by Gasteiger charge is 2.20. The van der Waals surface area contributed by atoms with E-state index in [1.54, 1.807) is 6.08 Å². The molecule has 0 saturated heterocycles. The molecule has 5 heteroatoms. The predicted octanol–water partition coefficient (Wildman–Crippen LogP) is 1.64. The Hall–Kier alpha value is -1.65. The Morgan fingerprint density at radius 3 is 2.67 bits per heavy atom. The van der Waals surface area contributed by atoms with Gasteiger partial charge < -0.3 is 22.1 Å². The first kappa shape index (κ1) is 15.7. The van der Waals surface area contributed by atoms with E-state index >= 15 is 0 Å². The van der Waals surface area contributed by atoms with E-state index in [-0.39, 0.29) is 0 Å². The van der Waals surface area contributed by atoms with Gasteiger partial charge in [-0.2, -0.15) is 0 Å². The van der Waals surface area contributed by atoms with Crippen molar-refractivity contribution in [2.45, 2.75) is 13.3 Å². The number of nitrogens with zero attached hydrogens (tertiary/aromatic N) is 1. The van der Waals surface area contributed by atoms with E-state index in [4.69, 9.17) is 28.8 Å². The molecule has 2 rings (SSSR count). The van der Waals surface area contributed by atoms with Gasteiger partial charge in [-0.15, -0.1) is 0 Å². The fourth-order valence-electron chi connectivity index (χ4n) is 2.61. The van der Waals surface area contributed by atoms with E-state index in [1.807, 2.05) is 11.0 Å². The maximum Gasteiger partial charge on any atom is 0.128 e. The smallest absolute Gasteiger partial charge is 0.128 e. The van der Waals surface area contributed by atoms with Gasteiger partial charge in [0.25, 0.3) is 0 Å². The van der Waals surface area contributed by atoms with Gasteiger partial charge in [0.2, 0.25) is 0 Å². The highest BCUT2D eigenvalue weighted by Crippen LogP contribution is 2.22. The first-order chi connectivity index (χ1) is 10.0. The van der Waals surface area contributed by atoms with Crippen LogP contribution in [0.25, 0.3) is 0 Å². The molecule has 0 spiro atoms. The van der Waals surface area contributed by atoms with Crippen molar-refractivity contribution in [2.75, 3.05) is 19.6 Å².